The average Bonchev–Trinajstić information content (AvgIpc) is 3.09. The van der Waals surface area contributed by atoms with E-state index < -0.39 is 9.84 Å². The molecule has 0 radical (unpaired) electrons. The summed E-state index contributed by atoms with van der Waals surface area (Å²) in [6.07, 6.45) is 3.13. The summed E-state index contributed by atoms with van der Waals surface area (Å²) in [7, 11) is -1.27. The summed E-state index contributed by atoms with van der Waals surface area (Å²) in [6.45, 7) is 3.96. The van der Waals surface area contributed by atoms with Gasteiger partial charge in [-0.05, 0) is 37.8 Å². The number of carbonyl (C=O) groups excluding carboxylic acids is 1. The topological polar surface area (TPSA) is 66.5 Å². The van der Waals surface area contributed by atoms with Gasteiger partial charge in [0.25, 0.3) is 0 Å². The third-order valence-electron chi connectivity index (χ3n) is 4.64. The molecular formula is C13H25ClN2O3S. The molecule has 0 aromatic carbocycles. The van der Waals surface area contributed by atoms with Gasteiger partial charge in [0.05, 0.1) is 5.75 Å². The number of amides is 1. The minimum Gasteiger partial charge on any atom is -0.344 e. The van der Waals surface area contributed by atoms with E-state index in [2.05, 4.69) is 5.32 Å². The van der Waals surface area contributed by atoms with Gasteiger partial charge in [0.15, 0.2) is 9.84 Å². The maximum Gasteiger partial charge on any atom is 0.226 e. The first-order valence-corrected chi connectivity index (χ1v) is 8.88. The summed E-state index contributed by atoms with van der Waals surface area (Å²) in [5.74, 6) is 0.485. The lowest BCUT2D eigenvalue weighted by Gasteiger charge is -2.25. The minimum atomic E-state index is -2.99. The van der Waals surface area contributed by atoms with Gasteiger partial charge in [-0.2, -0.15) is 0 Å². The van der Waals surface area contributed by atoms with E-state index in [-0.39, 0.29) is 41.2 Å². The Morgan fingerprint density at radius 2 is 1.95 bits per heavy atom. The Morgan fingerprint density at radius 3 is 2.50 bits per heavy atom. The summed E-state index contributed by atoms with van der Waals surface area (Å²) >= 11 is 0. The number of nitrogens with zero attached hydrogens (tertiary/aromatic N) is 1. The first-order chi connectivity index (χ1) is 8.90. The molecule has 0 aromatic heterocycles. The van der Waals surface area contributed by atoms with Crippen LogP contribution < -0.4 is 5.32 Å². The van der Waals surface area contributed by atoms with E-state index in [9.17, 15) is 13.2 Å². The minimum absolute atomic E-state index is 0. The second kappa shape index (κ2) is 6.62. The lowest BCUT2D eigenvalue weighted by Crippen LogP contribution is -2.36. The van der Waals surface area contributed by atoms with E-state index in [1.165, 1.54) is 0 Å². The first-order valence-electron chi connectivity index (χ1n) is 7.06. The number of halogens is 1. The van der Waals surface area contributed by atoms with Crippen LogP contribution in [0.5, 0.6) is 0 Å². The van der Waals surface area contributed by atoms with Crippen molar-refractivity contribution in [3.63, 3.8) is 0 Å². The van der Waals surface area contributed by atoms with Crippen molar-refractivity contribution in [2.45, 2.75) is 26.2 Å². The quantitative estimate of drug-likeness (QED) is 0.808. The van der Waals surface area contributed by atoms with Crippen LogP contribution in [0.15, 0.2) is 0 Å². The van der Waals surface area contributed by atoms with Gasteiger partial charge < -0.3 is 10.2 Å². The maximum absolute atomic E-state index is 12.3. The van der Waals surface area contributed by atoms with Crippen LogP contribution in [-0.4, -0.2) is 57.4 Å². The molecule has 2 rings (SSSR count). The van der Waals surface area contributed by atoms with E-state index in [4.69, 9.17) is 0 Å². The molecule has 2 fully saturated rings. The highest BCUT2D eigenvalue weighted by molar-refractivity contribution is 7.91. The van der Waals surface area contributed by atoms with Gasteiger partial charge in [0, 0.05) is 25.3 Å². The number of carbonyl (C=O) groups is 1. The fourth-order valence-corrected chi connectivity index (χ4v) is 3.81. The van der Waals surface area contributed by atoms with Crippen LogP contribution in [0.1, 0.15) is 26.2 Å². The predicted octanol–water partition coefficient (Wildman–Crippen LogP) is 0.691. The molecule has 1 amide bonds. The molecule has 0 aromatic rings. The van der Waals surface area contributed by atoms with Crippen molar-refractivity contribution in [3.05, 3.63) is 0 Å². The van der Waals surface area contributed by atoms with Crippen LogP contribution in [0.2, 0.25) is 0 Å². The van der Waals surface area contributed by atoms with E-state index in [0.717, 1.165) is 32.4 Å². The van der Waals surface area contributed by atoms with Crippen LogP contribution >= 0.6 is 12.4 Å². The number of nitrogens with one attached hydrogen (secondary N) is 1. The van der Waals surface area contributed by atoms with Crippen molar-refractivity contribution in [1.29, 1.82) is 0 Å². The summed E-state index contributed by atoms with van der Waals surface area (Å²) < 4.78 is 22.9. The first kappa shape index (κ1) is 17.7. The molecule has 1 saturated heterocycles. The monoisotopic (exact) mass is 324 g/mol. The molecule has 1 spiro atoms. The molecule has 7 heteroatoms. The Kier molecular flexibility index (Phi) is 5.87. The third-order valence-corrected chi connectivity index (χ3v) is 6.33. The Labute approximate surface area is 127 Å². The lowest BCUT2D eigenvalue weighted by molar-refractivity contribution is -0.132. The van der Waals surface area contributed by atoms with E-state index in [0.29, 0.717) is 6.54 Å². The summed E-state index contributed by atoms with van der Waals surface area (Å²) in [4.78, 5) is 13.9. The summed E-state index contributed by atoms with van der Waals surface area (Å²) in [5, 5.41) is 3.32. The third kappa shape index (κ3) is 3.86. The number of sulfone groups is 1. The molecule has 1 N–H and O–H groups in total. The van der Waals surface area contributed by atoms with Gasteiger partial charge in [0.1, 0.15) is 0 Å². The van der Waals surface area contributed by atoms with Crippen molar-refractivity contribution >= 4 is 28.2 Å². The Bertz CT molecular complexity index is 447. The predicted molar refractivity (Wildman–Crippen MR) is 81.9 cm³/mol. The van der Waals surface area contributed by atoms with Crippen molar-refractivity contribution in [1.82, 2.24) is 10.2 Å². The highest BCUT2D eigenvalue weighted by Gasteiger charge is 2.58. The van der Waals surface area contributed by atoms with Gasteiger partial charge in [-0.1, -0.05) is 6.92 Å². The number of hydrogen-bond acceptors (Lipinski definition) is 4. The van der Waals surface area contributed by atoms with Crippen molar-refractivity contribution in [3.8, 4) is 0 Å². The molecule has 1 aliphatic carbocycles. The molecule has 2 aliphatic rings. The molecule has 1 aliphatic heterocycles. The van der Waals surface area contributed by atoms with E-state index in [1.54, 1.807) is 18.9 Å². The second-order valence-electron chi connectivity index (χ2n) is 5.87. The largest absolute Gasteiger partial charge is 0.344 e. The highest BCUT2D eigenvalue weighted by atomic mass is 35.5. The van der Waals surface area contributed by atoms with Gasteiger partial charge in [-0.3, -0.25) is 4.79 Å². The van der Waals surface area contributed by atoms with E-state index >= 15 is 0 Å². The molecule has 1 unspecified atom stereocenters. The molecule has 20 heavy (non-hydrogen) atoms. The Hall–Kier alpha value is -0.330. The number of hydrogen-bond donors (Lipinski definition) is 1. The summed E-state index contributed by atoms with van der Waals surface area (Å²) in [6, 6.07) is 0. The molecule has 5 nitrogen and oxygen atoms in total. The SMILES string of the molecule is CCS(=O)(=O)CCN(C)C(=O)C1CC12CCNCC2.Cl. The van der Waals surface area contributed by atoms with Crippen LogP contribution in [0, 0.1) is 11.3 Å². The highest BCUT2D eigenvalue weighted by Crippen LogP contribution is 2.59. The van der Waals surface area contributed by atoms with Gasteiger partial charge in [-0.25, -0.2) is 8.42 Å². The van der Waals surface area contributed by atoms with Gasteiger partial charge >= 0.3 is 0 Å². The summed E-state index contributed by atoms with van der Waals surface area (Å²) in [5.41, 5.74) is 0.222. The molecule has 1 heterocycles. The maximum atomic E-state index is 12.3. The Morgan fingerprint density at radius 1 is 1.35 bits per heavy atom. The van der Waals surface area contributed by atoms with Crippen LogP contribution in [0.4, 0.5) is 0 Å². The molecule has 1 saturated carbocycles. The van der Waals surface area contributed by atoms with Gasteiger partial charge in [0.2, 0.25) is 5.91 Å². The Balaban J connectivity index is 0.00000200. The zero-order valence-electron chi connectivity index (χ0n) is 12.2. The smallest absolute Gasteiger partial charge is 0.226 e. The van der Waals surface area contributed by atoms with Crippen molar-refractivity contribution in [2.75, 3.05) is 38.2 Å². The molecule has 118 valence electrons. The molecular weight excluding hydrogens is 300 g/mol. The zero-order chi connectivity index (χ0) is 14.1. The van der Waals surface area contributed by atoms with Crippen molar-refractivity contribution in [2.24, 2.45) is 11.3 Å². The number of rotatable bonds is 5. The van der Waals surface area contributed by atoms with Gasteiger partial charge in [-0.15, -0.1) is 12.4 Å². The second-order valence-corrected chi connectivity index (χ2v) is 8.34. The lowest BCUT2D eigenvalue weighted by atomic mass is 9.91. The normalized spacial score (nSPS) is 24.0. The van der Waals surface area contributed by atoms with E-state index in [1.807, 2.05) is 0 Å². The molecule has 0 bridgehead atoms. The zero-order valence-corrected chi connectivity index (χ0v) is 13.9. The van der Waals surface area contributed by atoms with Crippen molar-refractivity contribution < 1.29 is 13.2 Å². The average molecular weight is 325 g/mol. The van der Waals surface area contributed by atoms with Crippen LogP contribution in [-0.2, 0) is 14.6 Å². The molecule has 1 atom stereocenters. The van der Waals surface area contributed by atoms with Crippen LogP contribution in [0.3, 0.4) is 0 Å². The fraction of sp³-hybridized carbons (Fsp3) is 0.923. The fourth-order valence-electron chi connectivity index (χ4n) is 2.97. The van der Waals surface area contributed by atoms with Crippen LogP contribution in [0.25, 0.3) is 0 Å². The number of piperidine rings is 1. The standard InChI is InChI=1S/C13H24N2O3S.ClH/c1-3-19(17,18)9-8-15(2)12(16)11-10-13(11)4-6-14-7-5-13;/h11,14H,3-10H2,1-2H3;1H.